The Hall–Kier alpha value is -2.09. The number of sulfone groups is 1. The summed E-state index contributed by atoms with van der Waals surface area (Å²) in [5, 5.41) is 7.13. The highest BCUT2D eigenvalue weighted by Gasteiger charge is 2.17. The Morgan fingerprint density at radius 2 is 1.73 bits per heavy atom. The molecule has 0 atom stereocenters. The van der Waals surface area contributed by atoms with E-state index in [1.807, 2.05) is 6.92 Å². The van der Waals surface area contributed by atoms with E-state index < -0.39 is 9.84 Å². The molecule has 0 saturated carbocycles. The highest BCUT2D eigenvalue weighted by molar-refractivity contribution is 7.90. The number of benzene rings is 1. The van der Waals surface area contributed by atoms with Gasteiger partial charge < -0.3 is 9.47 Å². The minimum atomic E-state index is -3.33. The lowest BCUT2D eigenvalue weighted by Crippen LogP contribution is -2.16. The number of hydrogen-bond acceptors (Lipinski definition) is 7. The quantitative estimate of drug-likeness (QED) is 0.730. The van der Waals surface area contributed by atoms with Crippen molar-refractivity contribution in [3.8, 4) is 11.5 Å². The second-order valence-corrected chi connectivity index (χ2v) is 6.83. The molecule has 1 aromatic carbocycles. The maximum absolute atomic E-state index is 12.0. The molecule has 0 amide bonds. The van der Waals surface area contributed by atoms with E-state index in [0.29, 0.717) is 23.7 Å². The summed E-state index contributed by atoms with van der Waals surface area (Å²) in [6.45, 7) is 4.22. The van der Waals surface area contributed by atoms with Gasteiger partial charge in [-0.1, -0.05) is 10.3 Å². The lowest BCUT2D eigenvalue weighted by molar-refractivity contribution is 0.302. The zero-order chi connectivity index (χ0) is 16.0. The molecule has 0 unspecified atom stereocenters. The first-order chi connectivity index (χ1) is 10.5. The average Bonchev–Trinajstić information content (AvgIpc) is 2.86. The molecule has 2 aromatic rings. The topological polar surface area (TPSA) is 91.5 Å². The van der Waals surface area contributed by atoms with Crippen molar-refractivity contribution < 1.29 is 22.5 Å². The molecule has 7 nitrogen and oxygen atoms in total. The minimum absolute atomic E-state index is 0.0701. The largest absolute Gasteiger partial charge is 0.494 e. The first-order valence-corrected chi connectivity index (χ1v) is 8.66. The number of ether oxygens (including phenoxy) is 2. The van der Waals surface area contributed by atoms with Gasteiger partial charge in [0, 0.05) is 0 Å². The van der Waals surface area contributed by atoms with E-state index in [4.69, 9.17) is 9.47 Å². The van der Waals surface area contributed by atoms with Gasteiger partial charge in [0.25, 0.3) is 0 Å². The van der Waals surface area contributed by atoms with E-state index >= 15 is 0 Å². The Labute approximate surface area is 129 Å². The molecule has 0 N–H and O–H groups in total. The highest BCUT2D eigenvalue weighted by Crippen LogP contribution is 2.17. The smallest absolute Gasteiger partial charge is 0.159 e. The van der Waals surface area contributed by atoms with Gasteiger partial charge in [-0.3, -0.25) is 0 Å². The number of hydrogen-bond donors (Lipinski definition) is 0. The van der Waals surface area contributed by atoms with Gasteiger partial charge >= 0.3 is 0 Å². The molecule has 0 aliphatic heterocycles. The second kappa shape index (κ2) is 7.26. The predicted octanol–water partition coefficient (Wildman–Crippen LogP) is 1.77. The van der Waals surface area contributed by atoms with E-state index in [1.54, 1.807) is 31.2 Å². The van der Waals surface area contributed by atoms with Crippen LogP contribution in [0, 0.1) is 6.92 Å². The molecule has 0 spiro atoms. The molecule has 0 bridgehead atoms. The minimum Gasteiger partial charge on any atom is -0.494 e. The van der Waals surface area contributed by atoms with Gasteiger partial charge in [-0.2, -0.15) is 0 Å². The Kier molecular flexibility index (Phi) is 5.37. The molecule has 0 radical (unpaired) electrons. The van der Waals surface area contributed by atoms with Crippen LogP contribution < -0.4 is 9.47 Å². The number of rotatable bonds is 8. The van der Waals surface area contributed by atoms with Crippen LogP contribution in [0.3, 0.4) is 0 Å². The Morgan fingerprint density at radius 3 is 2.27 bits per heavy atom. The molecular formula is C14H18N2O5S. The van der Waals surface area contributed by atoms with Crippen LogP contribution >= 0.6 is 0 Å². The number of aromatic nitrogens is 2. The lowest BCUT2D eigenvalue weighted by Gasteiger charge is -2.08. The van der Waals surface area contributed by atoms with Gasteiger partial charge in [0.1, 0.15) is 29.5 Å². The van der Waals surface area contributed by atoms with Crippen LogP contribution in [0.2, 0.25) is 0 Å². The van der Waals surface area contributed by atoms with Gasteiger partial charge in [0.15, 0.2) is 9.84 Å². The van der Waals surface area contributed by atoms with Crippen molar-refractivity contribution in [2.24, 2.45) is 0 Å². The summed E-state index contributed by atoms with van der Waals surface area (Å²) in [5.74, 6) is 1.04. The third kappa shape index (κ3) is 4.73. The van der Waals surface area contributed by atoms with Crippen LogP contribution in [0.15, 0.2) is 28.9 Å². The van der Waals surface area contributed by atoms with Gasteiger partial charge in [-0.05, 0) is 38.1 Å². The third-order valence-electron chi connectivity index (χ3n) is 2.90. The van der Waals surface area contributed by atoms with Crippen LogP contribution in [0.25, 0.3) is 0 Å². The van der Waals surface area contributed by atoms with E-state index in [-0.39, 0.29) is 18.1 Å². The van der Waals surface area contributed by atoms with Crippen molar-refractivity contribution in [2.75, 3.05) is 19.0 Å². The summed E-state index contributed by atoms with van der Waals surface area (Å²) in [7, 11) is -3.33. The fraction of sp³-hybridized carbons (Fsp3) is 0.429. The van der Waals surface area contributed by atoms with E-state index in [9.17, 15) is 8.42 Å². The van der Waals surface area contributed by atoms with Crippen molar-refractivity contribution in [3.63, 3.8) is 0 Å². The van der Waals surface area contributed by atoms with Crippen LogP contribution in [-0.4, -0.2) is 37.7 Å². The molecule has 1 heterocycles. The lowest BCUT2D eigenvalue weighted by atomic mass is 10.3. The van der Waals surface area contributed by atoms with Gasteiger partial charge in [-0.25, -0.2) is 13.0 Å². The number of aryl methyl sites for hydroxylation is 1. The average molecular weight is 326 g/mol. The molecule has 0 aliphatic rings. The molecule has 0 aliphatic carbocycles. The maximum atomic E-state index is 12.0. The summed E-state index contributed by atoms with van der Waals surface area (Å²) >= 11 is 0. The van der Waals surface area contributed by atoms with Crippen molar-refractivity contribution >= 4 is 9.84 Å². The number of nitrogens with zero attached hydrogens (tertiary/aromatic N) is 2. The summed E-state index contributed by atoms with van der Waals surface area (Å²) in [6, 6.07) is 7.03. The van der Waals surface area contributed by atoms with E-state index in [0.717, 1.165) is 5.75 Å². The SMILES string of the molecule is CCOc1ccc(OCCS(=O)(=O)Cc2nonc2C)cc1. The molecular weight excluding hydrogens is 308 g/mol. The molecule has 2 rings (SSSR count). The van der Waals surface area contributed by atoms with Gasteiger partial charge in [0.2, 0.25) is 0 Å². The molecule has 22 heavy (non-hydrogen) atoms. The zero-order valence-electron chi connectivity index (χ0n) is 12.5. The zero-order valence-corrected chi connectivity index (χ0v) is 13.3. The summed E-state index contributed by atoms with van der Waals surface area (Å²) in [4.78, 5) is 0. The van der Waals surface area contributed by atoms with E-state index in [2.05, 4.69) is 14.9 Å². The van der Waals surface area contributed by atoms with Crippen molar-refractivity contribution in [2.45, 2.75) is 19.6 Å². The van der Waals surface area contributed by atoms with Crippen LogP contribution in [0.5, 0.6) is 11.5 Å². The first-order valence-electron chi connectivity index (χ1n) is 6.84. The molecule has 120 valence electrons. The molecule has 8 heteroatoms. The van der Waals surface area contributed by atoms with Crippen molar-refractivity contribution in [1.29, 1.82) is 0 Å². The summed E-state index contributed by atoms with van der Waals surface area (Å²) in [6.07, 6.45) is 0. The van der Waals surface area contributed by atoms with Crippen LogP contribution in [0.4, 0.5) is 0 Å². The second-order valence-electron chi connectivity index (χ2n) is 4.64. The van der Waals surface area contributed by atoms with Crippen molar-refractivity contribution in [1.82, 2.24) is 10.3 Å². The normalized spacial score (nSPS) is 11.4. The monoisotopic (exact) mass is 326 g/mol. The standard InChI is InChI=1S/C14H18N2O5S/c1-3-19-12-4-6-13(7-5-12)20-8-9-22(17,18)10-14-11(2)15-21-16-14/h4-7H,3,8-10H2,1-2H3. The van der Waals surface area contributed by atoms with Gasteiger partial charge in [-0.15, -0.1) is 0 Å². The predicted molar refractivity (Wildman–Crippen MR) is 79.6 cm³/mol. The van der Waals surface area contributed by atoms with Crippen LogP contribution in [-0.2, 0) is 15.6 Å². The molecule has 0 fully saturated rings. The molecule has 1 aromatic heterocycles. The highest BCUT2D eigenvalue weighted by atomic mass is 32.2. The summed E-state index contributed by atoms with van der Waals surface area (Å²) in [5.41, 5.74) is 0.817. The third-order valence-corrected chi connectivity index (χ3v) is 4.40. The fourth-order valence-electron chi connectivity index (χ4n) is 1.75. The summed E-state index contributed by atoms with van der Waals surface area (Å²) < 4.78 is 39.2. The fourth-order valence-corrected chi connectivity index (χ4v) is 2.91. The molecule has 0 saturated heterocycles. The van der Waals surface area contributed by atoms with Crippen molar-refractivity contribution in [3.05, 3.63) is 35.7 Å². The van der Waals surface area contributed by atoms with E-state index in [1.165, 1.54) is 0 Å². The first kappa shape index (κ1) is 16.3. The van der Waals surface area contributed by atoms with Gasteiger partial charge in [0.05, 0.1) is 18.1 Å². The Balaban J connectivity index is 1.83. The van der Waals surface area contributed by atoms with Crippen LogP contribution in [0.1, 0.15) is 18.3 Å². The Bertz CT molecular complexity index is 694. The Morgan fingerprint density at radius 1 is 1.09 bits per heavy atom. The maximum Gasteiger partial charge on any atom is 0.159 e.